The van der Waals surface area contributed by atoms with Crippen molar-refractivity contribution in [2.24, 2.45) is 5.73 Å². The zero-order chi connectivity index (χ0) is 9.07. The summed E-state index contributed by atoms with van der Waals surface area (Å²) in [5.74, 6) is 0. The highest BCUT2D eigenvalue weighted by Gasteiger charge is 2.23. The summed E-state index contributed by atoms with van der Waals surface area (Å²) in [5.41, 5.74) is 5.86. The van der Waals surface area contributed by atoms with E-state index in [0.29, 0.717) is 6.04 Å². The highest BCUT2D eigenvalue weighted by atomic mass is 15.0. The summed E-state index contributed by atoms with van der Waals surface area (Å²) in [6.45, 7) is 10.7. The Balaban J connectivity index is 3.90. The lowest BCUT2D eigenvalue weighted by Crippen LogP contribution is -2.55. The first-order valence-electron chi connectivity index (χ1n) is 4.43. The molecule has 0 aliphatic carbocycles. The van der Waals surface area contributed by atoms with Crippen LogP contribution in [0.25, 0.3) is 0 Å². The van der Waals surface area contributed by atoms with Crippen LogP contribution < -0.4 is 11.1 Å². The lowest BCUT2D eigenvalue weighted by molar-refractivity contribution is 0.296. The number of nitrogens with two attached hydrogens (primary N) is 1. The van der Waals surface area contributed by atoms with Crippen molar-refractivity contribution in [1.29, 1.82) is 0 Å². The van der Waals surface area contributed by atoms with Gasteiger partial charge in [-0.05, 0) is 34.1 Å². The van der Waals surface area contributed by atoms with Crippen LogP contribution in [0.15, 0.2) is 0 Å². The summed E-state index contributed by atoms with van der Waals surface area (Å²) in [5, 5.41) is 3.48. The van der Waals surface area contributed by atoms with Crippen molar-refractivity contribution in [2.75, 3.05) is 0 Å². The number of nitrogens with one attached hydrogen (secondary N) is 1. The summed E-state index contributed by atoms with van der Waals surface area (Å²) in [7, 11) is 0. The fourth-order valence-corrected chi connectivity index (χ4v) is 0.869. The molecular weight excluding hydrogens is 136 g/mol. The molecule has 0 aromatic rings. The van der Waals surface area contributed by atoms with Crippen molar-refractivity contribution in [1.82, 2.24) is 5.32 Å². The van der Waals surface area contributed by atoms with E-state index in [1.165, 1.54) is 0 Å². The van der Waals surface area contributed by atoms with E-state index in [1.54, 1.807) is 0 Å². The number of hydrogen-bond acceptors (Lipinski definition) is 2. The van der Waals surface area contributed by atoms with Crippen molar-refractivity contribution in [2.45, 2.75) is 58.7 Å². The Labute approximate surface area is 70.5 Å². The molecule has 2 atom stereocenters. The molecule has 0 amide bonds. The SMILES string of the molecule is CCC(C)NC(C)(C)C(C)N. The minimum Gasteiger partial charge on any atom is -0.326 e. The maximum atomic E-state index is 5.81. The van der Waals surface area contributed by atoms with Crippen molar-refractivity contribution in [3.63, 3.8) is 0 Å². The van der Waals surface area contributed by atoms with Crippen LogP contribution >= 0.6 is 0 Å². The van der Waals surface area contributed by atoms with Gasteiger partial charge in [0.05, 0.1) is 0 Å². The number of hydrogen-bond donors (Lipinski definition) is 2. The van der Waals surface area contributed by atoms with Gasteiger partial charge in [-0.25, -0.2) is 0 Å². The Bertz CT molecular complexity index is 108. The second-order valence-corrected chi connectivity index (χ2v) is 3.96. The predicted molar refractivity (Wildman–Crippen MR) is 50.6 cm³/mol. The molecule has 2 nitrogen and oxygen atoms in total. The molecule has 0 aliphatic rings. The van der Waals surface area contributed by atoms with Crippen LogP contribution in [0, 0.1) is 0 Å². The standard InChI is InChI=1S/C9H22N2/c1-6-7(2)11-9(4,5)8(3)10/h7-8,11H,6,10H2,1-5H3. The zero-order valence-electron chi connectivity index (χ0n) is 8.44. The van der Waals surface area contributed by atoms with Gasteiger partial charge >= 0.3 is 0 Å². The molecule has 11 heavy (non-hydrogen) atoms. The van der Waals surface area contributed by atoms with Crippen LogP contribution in [0.2, 0.25) is 0 Å². The largest absolute Gasteiger partial charge is 0.326 e. The van der Waals surface area contributed by atoms with Crippen molar-refractivity contribution >= 4 is 0 Å². The lowest BCUT2D eigenvalue weighted by Gasteiger charge is -2.33. The van der Waals surface area contributed by atoms with Crippen LogP contribution in [-0.2, 0) is 0 Å². The topological polar surface area (TPSA) is 38.0 Å². The molecule has 0 saturated carbocycles. The van der Waals surface area contributed by atoms with Crippen LogP contribution in [0.1, 0.15) is 41.0 Å². The Hall–Kier alpha value is -0.0800. The van der Waals surface area contributed by atoms with Gasteiger partial charge in [0.15, 0.2) is 0 Å². The van der Waals surface area contributed by atoms with Gasteiger partial charge in [0.25, 0.3) is 0 Å². The van der Waals surface area contributed by atoms with Gasteiger partial charge in [-0.15, -0.1) is 0 Å². The molecule has 2 heteroatoms. The van der Waals surface area contributed by atoms with Gasteiger partial charge in [0.1, 0.15) is 0 Å². The molecule has 68 valence electrons. The second kappa shape index (κ2) is 4.07. The Morgan fingerprint density at radius 2 is 1.82 bits per heavy atom. The molecule has 0 fully saturated rings. The number of rotatable bonds is 4. The molecule has 0 spiro atoms. The van der Waals surface area contributed by atoms with Crippen LogP contribution in [0.4, 0.5) is 0 Å². The van der Waals surface area contributed by atoms with Gasteiger partial charge in [-0.3, -0.25) is 0 Å². The fraction of sp³-hybridized carbons (Fsp3) is 1.00. The minimum atomic E-state index is 0.0510. The highest BCUT2D eigenvalue weighted by Crippen LogP contribution is 2.08. The summed E-state index contributed by atoms with van der Waals surface area (Å²) in [6, 6.07) is 0.743. The van der Waals surface area contributed by atoms with Crippen molar-refractivity contribution < 1.29 is 0 Å². The summed E-state index contributed by atoms with van der Waals surface area (Å²) < 4.78 is 0. The zero-order valence-corrected chi connectivity index (χ0v) is 8.44. The third-order valence-electron chi connectivity index (χ3n) is 2.37. The summed E-state index contributed by atoms with van der Waals surface area (Å²) in [6.07, 6.45) is 1.15. The maximum Gasteiger partial charge on any atom is 0.0275 e. The smallest absolute Gasteiger partial charge is 0.0275 e. The van der Waals surface area contributed by atoms with Crippen molar-refractivity contribution in [3.05, 3.63) is 0 Å². The molecule has 0 aromatic heterocycles. The molecule has 0 aromatic carbocycles. The van der Waals surface area contributed by atoms with E-state index in [2.05, 4.69) is 33.0 Å². The average Bonchev–Trinajstić information content (AvgIpc) is 1.86. The Morgan fingerprint density at radius 1 is 1.36 bits per heavy atom. The van der Waals surface area contributed by atoms with Gasteiger partial charge in [0, 0.05) is 17.6 Å². The normalized spacial score (nSPS) is 18.0. The molecular formula is C9H22N2. The molecule has 0 bridgehead atoms. The van der Waals surface area contributed by atoms with E-state index < -0.39 is 0 Å². The fourth-order valence-electron chi connectivity index (χ4n) is 0.869. The molecule has 0 radical (unpaired) electrons. The van der Waals surface area contributed by atoms with Gasteiger partial charge < -0.3 is 11.1 Å². The first kappa shape index (κ1) is 10.9. The van der Waals surface area contributed by atoms with E-state index in [4.69, 9.17) is 5.73 Å². The monoisotopic (exact) mass is 158 g/mol. The Kier molecular flexibility index (Phi) is 4.04. The molecule has 0 heterocycles. The third kappa shape index (κ3) is 3.73. The predicted octanol–water partition coefficient (Wildman–Crippen LogP) is 1.50. The molecule has 0 rings (SSSR count). The van der Waals surface area contributed by atoms with Crippen LogP contribution in [0.3, 0.4) is 0 Å². The molecule has 3 N–H and O–H groups in total. The van der Waals surface area contributed by atoms with E-state index in [0.717, 1.165) is 6.42 Å². The quantitative estimate of drug-likeness (QED) is 0.650. The summed E-state index contributed by atoms with van der Waals surface area (Å²) >= 11 is 0. The molecule has 0 saturated heterocycles. The van der Waals surface area contributed by atoms with E-state index in [9.17, 15) is 0 Å². The van der Waals surface area contributed by atoms with Gasteiger partial charge in [-0.2, -0.15) is 0 Å². The first-order chi connectivity index (χ1) is 4.90. The third-order valence-corrected chi connectivity index (χ3v) is 2.37. The van der Waals surface area contributed by atoms with E-state index in [1.807, 2.05) is 6.92 Å². The molecule has 0 aliphatic heterocycles. The maximum absolute atomic E-state index is 5.81. The van der Waals surface area contributed by atoms with Crippen LogP contribution in [-0.4, -0.2) is 17.6 Å². The summed E-state index contributed by atoms with van der Waals surface area (Å²) in [4.78, 5) is 0. The van der Waals surface area contributed by atoms with Crippen LogP contribution in [0.5, 0.6) is 0 Å². The van der Waals surface area contributed by atoms with E-state index >= 15 is 0 Å². The van der Waals surface area contributed by atoms with Crippen molar-refractivity contribution in [3.8, 4) is 0 Å². The Morgan fingerprint density at radius 3 is 2.09 bits per heavy atom. The minimum absolute atomic E-state index is 0.0510. The molecule has 2 unspecified atom stereocenters. The van der Waals surface area contributed by atoms with Gasteiger partial charge in [0.2, 0.25) is 0 Å². The lowest BCUT2D eigenvalue weighted by atomic mass is 9.95. The second-order valence-electron chi connectivity index (χ2n) is 3.96. The average molecular weight is 158 g/mol. The van der Waals surface area contributed by atoms with Gasteiger partial charge in [-0.1, -0.05) is 6.92 Å². The van der Waals surface area contributed by atoms with E-state index in [-0.39, 0.29) is 11.6 Å². The first-order valence-corrected chi connectivity index (χ1v) is 4.43. The highest BCUT2D eigenvalue weighted by molar-refractivity contribution is 4.87.